The molecule has 0 unspecified atom stereocenters. The first-order valence-corrected chi connectivity index (χ1v) is 4.55. The van der Waals surface area contributed by atoms with Crippen molar-refractivity contribution in [3.05, 3.63) is 41.4 Å². The Labute approximate surface area is 82.3 Å². The van der Waals surface area contributed by atoms with Crippen LogP contribution in [-0.4, -0.2) is 7.05 Å². The molecule has 2 heteroatoms. The molecule has 0 spiro atoms. The van der Waals surface area contributed by atoms with Crippen LogP contribution in [0.1, 0.15) is 0 Å². The molecule has 0 aliphatic rings. The van der Waals surface area contributed by atoms with Gasteiger partial charge in [0.05, 0.1) is 10.7 Å². The summed E-state index contributed by atoms with van der Waals surface area (Å²) in [5.41, 5.74) is 0.973. The molecule has 0 aliphatic carbocycles. The minimum Gasteiger partial charge on any atom is -0.387 e. The minimum atomic E-state index is 0.765. The largest absolute Gasteiger partial charge is 0.387 e. The van der Waals surface area contributed by atoms with Crippen LogP contribution in [0.15, 0.2) is 36.4 Å². The maximum Gasteiger partial charge on any atom is 0.0643 e. The Morgan fingerprint density at radius 1 is 1.08 bits per heavy atom. The molecule has 0 saturated heterocycles. The van der Waals surface area contributed by atoms with Crippen LogP contribution in [0.3, 0.4) is 0 Å². The number of hydrogen-bond acceptors (Lipinski definition) is 1. The summed E-state index contributed by atoms with van der Waals surface area (Å²) in [6, 6.07) is 12.2. The normalized spacial score (nSPS) is 10.3. The Kier molecular flexibility index (Phi) is 2.11. The van der Waals surface area contributed by atoms with E-state index in [1.165, 1.54) is 10.8 Å². The van der Waals surface area contributed by atoms with Gasteiger partial charge in [0, 0.05) is 7.05 Å². The van der Waals surface area contributed by atoms with Crippen LogP contribution in [0, 0.1) is 0 Å². The summed E-state index contributed by atoms with van der Waals surface area (Å²) in [4.78, 5) is 0. The molecule has 0 radical (unpaired) electrons. The zero-order chi connectivity index (χ0) is 9.26. The highest BCUT2D eigenvalue weighted by molar-refractivity contribution is 6.34. The van der Waals surface area contributed by atoms with Gasteiger partial charge in [-0.05, 0) is 22.9 Å². The zero-order valence-corrected chi connectivity index (χ0v) is 8.10. The molecule has 13 heavy (non-hydrogen) atoms. The van der Waals surface area contributed by atoms with E-state index in [0.29, 0.717) is 0 Å². The van der Waals surface area contributed by atoms with Crippen molar-refractivity contribution in [1.82, 2.24) is 0 Å². The molecule has 1 nitrogen and oxygen atoms in total. The van der Waals surface area contributed by atoms with Crippen molar-refractivity contribution in [3.63, 3.8) is 0 Å². The molecule has 0 heterocycles. The lowest BCUT2D eigenvalue weighted by molar-refractivity contribution is 1.53. The molecular weight excluding hydrogens is 182 g/mol. The Morgan fingerprint density at radius 2 is 1.69 bits per heavy atom. The second-order valence-electron chi connectivity index (χ2n) is 2.93. The molecule has 0 amide bonds. The van der Waals surface area contributed by atoms with Gasteiger partial charge in [-0.2, -0.15) is 0 Å². The van der Waals surface area contributed by atoms with Crippen molar-refractivity contribution in [2.45, 2.75) is 0 Å². The van der Waals surface area contributed by atoms with Crippen LogP contribution in [0.25, 0.3) is 10.8 Å². The summed E-state index contributed by atoms with van der Waals surface area (Å²) in [5.74, 6) is 0. The number of halogens is 1. The zero-order valence-electron chi connectivity index (χ0n) is 7.34. The van der Waals surface area contributed by atoms with E-state index in [-0.39, 0.29) is 0 Å². The quantitative estimate of drug-likeness (QED) is 0.727. The van der Waals surface area contributed by atoms with Crippen molar-refractivity contribution in [2.75, 3.05) is 12.4 Å². The lowest BCUT2D eigenvalue weighted by Crippen LogP contribution is -1.88. The standard InChI is InChI=1S/C11H10ClN/c1-13-11-7-9-5-3-2-4-8(9)6-10(11)12/h2-7,13H,1H3. The van der Waals surface area contributed by atoms with Crippen molar-refractivity contribution >= 4 is 28.1 Å². The number of fused-ring (bicyclic) bond motifs is 1. The van der Waals surface area contributed by atoms with E-state index in [9.17, 15) is 0 Å². The Hall–Kier alpha value is -1.21. The monoisotopic (exact) mass is 191 g/mol. The first kappa shape index (κ1) is 8.39. The van der Waals surface area contributed by atoms with E-state index in [1.54, 1.807) is 0 Å². The second kappa shape index (κ2) is 3.27. The third-order valence-corrected chi connectivity index (χ3v) is 2.42. The van der Waals surface area contributed by atoms with E-state index < -0.39 is 0 Å². The highest BCUT2D eigenvalue weighted by Crippen LogP contribution is 2.27. The maximum atomic E-state index is 6.04. The third-order valence-electron chi connectivity index (χ3n) is 2.10. The summed E-state index contributed by atoms with van der Waals surface area (Å²) >= 11 is 6.04. The molecule has 2 aromatic rings. The summed E-state index contributed by atoms with van der Waals surface area (Å²) in [5, 5.41) is 6.20. The summed E-state index contributed by atoms with van der Waals surface area (Å²) in [6.07, 6.45) is 0. The fourth-order valence-electron chi connectivity index (χ4n) is 1.40. The molecule has 2 aromatic carbocycles. The van der Waals surface area contributed by atoms with Gasteiger partial charge in [0.2, 0.25) is 0 Å². The van der Waals surface area contributed by atoms with Gasteiger partial charge < -0.3 is 5.32 Å². The van der Waals surface area contributed by atoms with Gasteiger partial charge in [-0.25, -0.2) is 0 Å². The van der Waals surface area contributed by atoms with E-state index in [0.717, 1.165) is 10.7 Å². The summed E-state index contributed by atoms with van der Waals surface area (Å²) in [7, 11) is 1.87. The van der Waals surface area contributed by atoms with Crippen molar-refractivity contribution in [1.29, 1.82) is 0 Å². The molecule has 0 fully saturated rings. The second-order valence-corrected chi connectivity index (χ2v) is 3.34. The molecule has 0 aliphatic heterocycles. The highest BCUT2D eigenvalue weighted by atomic mass is 35.5. The number of benzene rings is 2. The van der Waals surface area contributed by atoms with Gasteiger partial charge in [-0.3, -0.25) is 0 Å². The van der Waals surface area contributed by atoms with Crippen molar-refractivity contribution in [2.24, 2.45) is 0 Å². The molecule has 0 bridgehead atoms. The van der Waals surface area contributed by atoms with E-state index in [4.69, 9.17) is 11.6 Å². The predicted octanol–water partition coefficient (Wildman–Crippen LogP) is 3.53. The van der Waals surface area contributed by atoms with Gasteiger partial charge in [-0.15, -0.1) is 0 Å². The lowest BCUT2D eigenvalue weighted by atomic mass is 10.1. The number of anilines is 1. The van der Waals surface area contributed by atoms with Gasteiger partial charge in [-0.1, -0.05) is 35.9 Å². The predicted molar refractivity (Wildman–Crippen MR) is 58.5 cm³/mol. The molecule has 2 rings (SSSR count). The van der Waals surface area contributed by atoms with Crippen LogP contribution in [0.5, 0.6) is 0 Å². The maximum absolute atomic E-state index is 6.04. The summed E-state index contributed by atoms with van der Waals surface area (Å²) in [6.45, 7) is 0. The Bertz CT molecular complexity index is 437. The van der Waals surface area contributed by atoms with Crippen LogP contribution >= 0.6 is 11.6 Å². The van der Waals surface area contributed by atoms with Gasteiger partial charge in [0.25, 0.3) is 0 Å². The SMILES string of the molecule is CNc1cc2ccccc2cc1Cl. The average molecular weight is 192 g/mol. The Balaban J connectivity index is 2.74. The molecule has 0 saturated carbocycles. The molecule has 66 valence electrons. The summed E-state index contributed by atoms with van der Waals surface area (Å²) < 4.78 is 0. The van der Waals surface area contributed by atoms with Gasteiger partial charge in [0.15, 0.2) is 0 Å². The van der Waals surface area contributed by atoms with Crippen LogP contribution < -0.4 is 5.32 Å². The molecular formula is C11H10ClN. The lowest BCUT2D eigenvalue weighted by Gasteiger charge is -2.05. The first-order chi connectivity index (χ1) is 6.31. The van der Waals surface area contributed by atoms with Gasteiger partial charge >= 0.3 is 0 Å². The number of hydrogen-bond donors (Lipinski definition) is 1. The van der Waals surface area contributed by atoms with Crippen LogP contribution in [-0.2, 0) is 0 Å². The topological polar surface area (TPSA) is 12.0 Å². The van der Waals surface area contributed by atoms with Crippen molar-refractivity contribution in [3.8, 4) is 0 Å². The van der Waals surface area contributed by atoms with Crippen LogP contribution in [0.4, 0.5) is 5.69 Å². The molecule has 0 aromatic heterocycles. The Morgan fingerprint density at radius 3 is 2.31 bits per heavy atom. The average Bonchev–Trinajstić information content (AvgIpc) is 2.17. The fourth-order valence-corrected chi connectivity index (χ4v) is 1.67. The van der Waals surface area contributed by atoms with Crippen molar-refractivity contribution < 1.29 is 0 Å². The number of nitrogens with one attached hydrogen (secondary N) is 1. The van der Waals surface area contributed by atoms with Gasteiger partial charge in [0.1, 0.15) is 0 Å². The first-order valence-electron chi connectivity index (χ1n) is 4.17. The number of rotatable bonds is 1. The molecule has 1 N–H and O–H groups in total. The highest BCUT2D eigenvalue weighted by Gasteiger charge is 1.99. The third kappa shape index (κ3) is 1.47. The minimum absolute atomic E-state index is 0.765. The smallest absolute Gasteiger partial charge is 0.0643 e. The fraction of sp³-hybridized carbons (Fsp3) is 0.0909. The van der Waals surface area contributed by atoms with E-state index >= 15 is 0 Å². The van der Waals surface area contributed by atoms with E-state index in [1.807, 2.05) is 25.2 Å². The molecule has 0 atom stereocenters. The van der Waals surface area contributed by atoms with E-state index in [2.05, 4.69) is 23.5 Å². The van der Waals surface area contributed by atoms with Crippen LogP contribution in [0.2, 0.25) is 5.02 Å².